The summed E-state index contributed by atoms with van der Waals surface area (Å²) in [5, 5.41) is 15.5. The first-order chi connectivity index (χ1) is 9.73. The Morgan fingerprint density at radius 3 is 2.29 bits per heavy atom. The van der Waals surface area contributed by atoms with Gasteiger partial charge in [-0.05, 0) is 45.1 Å². The second-order valence-electron chi connectivity index (χ2n) is 4.55. The van der Waals surface area contributed by atoms with Gasteiger partial charge in [0, 0.05) is 6.54 Å². The lowest BCUT2D eigenvalue weighted by atomic mass is 10.2. The minimum Gasteiger partial charge on any atom is -0.492 e. The molecule has 6 nitrogen and oxygen atoms in total. The molecule has 0 aliphatic heterocycles. The Kier molecular flexibility index (Phi) is 9.16. The molecule has 0 aromatic heterocycles. The monoisotopic (exact) mass is 317 g/mol. The zero-order valence-corrected chi connectivity index (χ0v) is 13.1. The molecule has 0 aliphatic rings. The molecule has 0 unspecified atom stereocenters. The first-order valence-corrected chi connectivity index (χ1v) is 6.61. The van der Waals surface area contributed by atoms with Crippen molar-refractivity contribution in [2.75, 3.05) is 27.2 Å². The second-order valence-corrected chi connectivity index (χ2v) is 4.96. The van der Waals surface area contributed by atoms with Crippen molar-refractivity contribution in [1.29, 1.82) is 0 Å². The number of aryl methyl sites for hydroxylation is 1. The van der Waals surface area contributed by atoms with Crippen LogP contribution in [0.3, 0.4) is 0 Å². The van der Waals surface area contributed by atoms with Crippen LogP contribution in [0, 0.1) is 6.92 Å². The first-order valence-electron chi connectivity index (χ1n) is 6.24. The van der Waals surface area contributed by atoms with E-state index in [2.05, 4.69) is 19.0 Å². The molecule has 0 saturated carbocycles. The lowest BCUT2D eigenvalue weighted by Crippen LogP contribution is -2.15. The van der Waals surface area contributed by atoms with Crippen LogP contribution in [0.4, 0.5) is 0 Å². The molecular weight excluding hydrogens is 298 g/mol. The molecular formula is C14H20ClNO5. The fourth-order valence-electron chi connectivity index (χ4n) is 1.28. The molecule has 7 heteroatoms. The molecule has 0 spiro atoms. The van der Waals surface area contributed by atoms with E-state index >= 15 is 0 Å². The number of benzene rings is 1. The molecule has 0 atom stereocenters. The van der Waals surface area contributed by atoms with Gasteiger partial charge in [0.25, 0.3) is 0 Å². The van der Waals surface area contributed by atoms with Crippen molar-refractivity contribution >= 4 is 23.5 Å². The van der Waals surface area contributed by atoms with Gasteiger partial charge in [-0.1, -0.05) is 17.7 Å². The van der Waals surface area contributed by atoms with Gasteiger partial charge in [-0.2, -0.15) is 0 Å². The zero-order valence-electron chi connectivity index (χ0n) is 12.3. The van der Waals surface area contributed by atoms with E-state index in [4.69, 9.17) is 36.1 Å². The number of nitrogens with zero attached hydrogens (tertiary/aromatic N) is 1. The van der Waals surface area contributed by atoms with Gasteiger partial charge in [0.05, 0.1) is 11.6 Å². The Morgan fingerprint density at radius 1 is 1.24 bits per heavy atom. The summed E-state index contributed by atoms with van der Waals surface area (Å²) in [7, 11) is 4.11. The maximum absolute atomic E-state index is 9.10. The Bertz CT molecular complexity index is 464. The van der Waals surface area contributed by atoms with Crippen molar-refractivity contribution in [3.63, 3.8) is 0 Å². The summed E-state index contributed by atoms with van der Waals surface area (Å²) in [6.45, 7) is 3.77. The van der Waals surface area contributed by atoms with Crippen LogP contribution in [0.15, 0.2) is 18.2 Å². The summed E-state index contributed by atoms with van der Waals surface area (Å²) >= 11 is 6.00. The average molecular weight is 318 g/mol. The van der Waals surface area contributed by atoms with Gasteiger partial charge in [-0.15, -0.1) is 0 Å². The van der Waals surface area contributed by atoms with Crippen molar-refractivity contribution < 1.29 is 24.5 Å². The third-order valence-corrected chi connectivity index (χ3v) is 2.59. The largest absolute Gasteiger partial charge is 0.492 e. The van der Waals surface area contributed by atoms with Crippen molar-refractivity contribution in [3.8, 4) is 5.75 Å². The summed E-state index contributed by atoms with van der Waals surface area (Å²) in [5.41, 5.74) is 1.17. The molecule has 0 amide bonds. The fraction of sp³-hybridized carbons (Fsp3) is 0.429. The normalized spacial score (nSPS) is 9.76. The average Bonchev–Trinajstić information content (AvgIpc) is 2.39. The van der Waals surface area contributed by atoms with Crippen LogP contribution in [-0.4, -0.2) is 54.3 Å². The number of rotatable bonds is 5. The lowest BCUT2D eigenvalue weighted by molar-refractivity contribution is -0.159. The predicted molar refractivity (Wildman–Crippen MR) is 80.1 cm³/mol. The Labute approximate surface area is 128 Å². The number of halogens is 1. The second kappa shape index (κ2) is 10.0. The van der Waals surface area contributed by atoms with Gasteiger partial charge in [-0.25, -0.2) is 9.59 Å². The van der Waals surface area contributed by atoms with Gasteiger partial charge in [0.2, 0.25) is 0 Å². The van der Waals surface area contributed by atoms with E-state index in [0.29, 0.717) is 11.6 Å². The Balaban J connectivity index is 0.000000567. The topological polar surface area (TPSA) is 87.1 Å². The van der Waals surface area contributed by atoms with Gasteiger partial charge in [0.1, 0.15) is 5.75 Å². The number of carboxylic acids is 2. The summed E-state index contributed by atoms with van der Waals surface area (Å²) in [6.07, 6.45) is 1.01. The molecule has 1 aromatic carbocycles. The standard InChI is InChI=1S/C12H18ClNO.C2H2O4/c1-10-5-6-11(13)12(9-10)15-8-4-7-14(2)3;3-1(4)2(5)6/h5-6,9H,4,7-8H2,1-3H3;(H,3,4)(H,5,6). The highest BCUT2D eigenvalue weighted by Gasteiger charge is 2.04. The van der Waals surface area contributed by atoms with Gasteiger partial charge < -0.3 is 19.8 Å². The number of carboxylic acid groups (broad SMARTS) is 2. The van der Waals surface area contributed by atoms with Crippen molar-refractivity contribution in [3.05, 3.63) is 28.8 Å². The summed E-state index contributed by atoms with van der Waals surface area (Å²) in [5.74, 6) is -2.86. The quantitative estimate of drug-likeness (QED) is 0.639. The van der Waals surface area contributed by atoms with Crippen molar-refractivity contribution in [1.82, 2.24) is 4.90 Å². The van der Waals surface area contributed by atoms with Crippen LogP contribution in [0.2, 0.25) is 5.02 Å². The van der Waals surface area contributed by atoms with Crippen LogP contribution in [0.1, 0.15) is 12.0 Å². The third-order valence-electron chi connectivity index (χ3n) is 2.28. The molecule has 0 heterocycles. The van der Waals surface area contributed by atoms with E-state index in [1.165, 1.54) is 5.56 Å². The Hall–Kier alpha value is -1.79. The van der Waals surface area contributed by atoms with E-state index in [1.807, 2.05) is 25.1 Å². The minimum absolute atomic E-state index is 0.686. The fourth-order valence-corrected chi connectivity index (χ4v) is 1.46. The van der Waals surface area contributed by atoms with E-state index < -0.39 is 11.9 Å². The SMILES string of the molecule is Cc1ccc(Cl)c(OCCCN(C)C)c1.O=C(O)C(=O)O. The van der Waals surface area contributed by atoms with Gasteiger partial charge in [-0.3, -0.25) is 0 Å². The van der Waals surface area contributed by atoms with E-state index in [1.54, 1.807) is 0 Å². The van der Waals surface area contributed by atoms with Crippen LogP contribution in [0.25, 0.3) is 0 Å². The number of hydrogen-bond donors (Lipinski definition) is 2. The lowest BCUT2D eigenvalue weighted by Gasteiger charge is -2.11. The molecule has 2 N–H and O–H groups in total. The minimum atomic E-state index is -1.82. The molecule has 0 saturated heterocycles. The third kappa shape index (κ3) is 9.70. The molecule has 21 heavy (non-hydrogen) atoms. The molecule has 118 valence electrons. The molecule has 1 rings (SSSR count). The van der Waals surface area contributed by atoms with Gasteiger partial charge in [0.15, 0.2) is 0 Å². The highest BCUT2D eigenvalue weighted by atomic mass is 35.5. The number of carbonyl (C=O) groups is 2. The molecule has 0 radical (unpaired) electrons. The van der Waals surface area contributed by atoms with Crippen LogP contribution >= 0.6 is 11.6 Å². The smallest absolute Gasteiger partial charge is 0.414 e. The zero-order chi connectivity index (χ0) is 16.4. The Morgan fingerprint density at radius 2 is 1.81 bits per heavy atom. The van der Waals surface area contributed by atoms with E-state index in [-0.39, 0.29) is 0 Å². The molecule has 1 aromatic rings. The number of ether oxygens (including phenoxy) is 1. The van der Waals surface area contributed by atoms with Crippen molar-refractivity contribution in [2.24, 2.45) is 0 Å². The number of aliphatic carboxylic acids is 2. The van der Waals surface area contributed by atoms with Gasteiger partial charge >= 0.3 is 11.9 Å². The summed E-state index contributed by atoms with van der Waals surface area (Å²) in [6, 6.07) is 5.82. The van der Waals surface area contributed by atoms with Crippen LogP contribution < -0.4 is 4.74 Å². The summed E-state index contributed by atoms with van der Waals surface area (Å²) < 4.78 is 5.61. The maximum atomic E-state index is 9.10. The number of hydrogen-bond acceptors (Lipinski definition) is 4. The predicted octanol–water partition coefficient (Wildman–Crippen LogP) is 2.13. The van der Waals surface area contributed by atoms with E-state index in [9.17, 15) is 0 Å². The summed E-state index contributed by atoms with van der Waals surface area (Å²) in [4.78, 5) is 20.3. The van der Waals surface area contributed by atoms with E-state index in [0.717, 1.165) is 18.7 Å². The molecule has 0 fully saturated rings. The van der Waals surface area contributed by atoms with Crippen molar-refractivity contribution in [2.45, 2.75) is 13.3 Å². The first kappa shape index (κ1) is 19.2. The van der Waals surface area contributed by atoms with Crippen LogP contribution in [0.5, 0.6) is 5.75 Å². The molecule has 0 aliphatic carbocycles. The molecule has 0 bridgehead atoms. The maximum Gasteiger partial charge on any atom is 0.414 e. The van der Waals surface area contributed by atoms with Crippen LogP contribution in [-0.2, 0) is 9.59 Å². The highest BCUT2D eigenvalue weighted by Crippen LogP contribution is 2.25. The highest BCUT2D eigenvalue weighted by molar-refractivity contribution is 6.32.